The second kappa shape index (κ2) is 16.2. The van der Waals surface area contributed by atoms with Crippen LogP contribution < -0.4 is 36.8 Å². The minimum Gasteiger partial charge on any atom is -0.489 e. The summed E-state index contributed by atoms with van der Waals surface area (Å²) >= 11 is 0.939. The number of hydrogen-bond acceptors (Lipinski definition) is 15. The summed E-state index contributed by atoms with van der Waals surface area (Å²) in [5, 5.41) is 23.7. The zero-order valence-electron chi connectivity index (χ0n) is 28.5. The Morgan fingerprint density at radius 1 is 1.25 bits per heavy atom. The van der Waals surface area contributed by atoms with E-state index < -0.39 is 58.2 Å². The van der Waals surface area contributed by atoms with Crippen molar-refractivity contribution in [3.8, 4) is 5.75 Å². The van der Waals surface area contributed by atoms with E-state index >= 15 is 0 Å². The molecule has 1 unspecified atom stereocenters. The van der Waals surface area contributed by atoms with Crippen molar-refractivity contribution in [1.29, 1.82) is 0 Å². The Kier molecular flexibility index (Phi) is 11.9. The number of carbonyl (C=O) groups excluding carboxylic acids is 3. The number of anilines is 2. The van der Waals surface area contributed by atoms with Crippen LogP contribution in [0.15, 0.2) is 47.2 Å². The number of ether oxygens (including phenoxy) is 1. The van der Waals surface area contributed by atoms with Crippen LogP contribution in [0.4, 0.5) is 10.8 Å². The largest absolute Gasteiger partial charge is 0.489 e. The highest BCUT2D eigenvalue weighted by Crippen LogP contribution is 2.33. The SMILES string of the molecule is CC1(C)C(NC(=O)/C(=N\O[C@@H](COc2ccc(C(=O)Nc3cn(CCCN)[n+](CC4CNC4)c3)cc2)C(=O)O)c2csc(N)n2)C(=O)N1OS(=O)(=O)O. The van der Waals surface area contributed by atoms with Gasteiger partial charge in [0.2, 0.25) is 6.20 Å². The number of β-lactam (4-membered cyclic amide) rings is 1. The molecule has 0 spiro atoms. The van der Waals surface area contributed by atoms with Crippen LogP contribution in [0.1, 0.15) is 36.3 Å². The highest BCUT2D eigenvalue weighted by atomic mass is 32.3. The lowest BCUT2D eigenvalue weighted by atomic mass is 9.84. The van der Waals surface area contributed by atoms with Crippen molar-refractivity contribution in [3.63, 3.8) is 0 Å². The average Bonchev–Trinajstić information content (AvgIpc) is 3.68. The Balaban J connectivity index is 1.21. The molecule has 53 heavy (non-hydrogen) atoms. The first-order valence-corrected chi connectivity index (χ1v) is 18.3. The standard InChI is InChI=1S/C30H38N10O11S2/c1-30(2)24(27(43)40(30)51-53(46,47)48)36-26(42)23(21-16-52-29(32)35-21)37-50-22(28(44)45)15-49-20-6-4-18(5-7-20)25(41)34-19-13-38(9-3-8-31)39(14-19)12-17-10-33-11-17/h4-7,13-14,16-17,22,24,33H,3,8-12,15,31H2,1-2H3,(H5-,32,34,35,36,41,42,44,45,46,47,48)/p+1/b37-23-/t22-,24?/m0/s1. The molecule has 286 valence electrons. The maximum absolute atomic E-state index is 13.3. The van der Waals surface area contributed by atoms with Gasteiger partial charge >= 0.3 is 16.4 Å². The lowest BCUT2D eigenvalue weighted by Gasteiger charge is -2.50. The maximum Gasteiger partial charge on any atom is 0.418 e. The maximum atomic E-state index is 13.3. The molecule has 2 aliphatic rings. The third-order valence-electron chi connectivity index (χ3n) is 8.23. The molecular formula is C30H39N10O11S2+. The normalized spacial score (nSPS) is 17.7. The van der Waals surface area contributed by atoms with Crippen molar-refractivity contribution >= 4 is 62.0 Å². The summed E-state index contributed by atoms with van der Waals surface area (Å²) in [6.07, 6.45) is 2.77. The number of carboxylic acid groups (broad SMARTS) is 1. The first kappa shape index (κ1) is 39.0. The molecule has 0 radical (unpaired) electrons. The van der Waals surface area contributed by atoms with Crippen LogP contribution in [0.2, 0.25) is 0 Å². The molecule has 2 aromatic heterocycles. The summed E-state index contributed by atoms with van der Waals surface area (Å²) in [6, 6.07) is 4.58. The van der Waals surface area contributed by atoms with Crippen LogP contribution in [0.5, 0.6) is 5.75 Å². The van der Waals surface area contributed by atoms with Gasteiger partial charge in [-0.15, -0.1) is 20.3 Å². The van der Waals surface area contributed by atoms with Gasteiger partial charge < -0.3 is 42.1 Å². The molecule has 3 amide bonds. The predicted molar refractivity (Wildman–Crippen MR) is 186 cm³/mol. The fourth-order valence-corrected chi connectivity index (χ4v) is 6.28. The molecule has 2 saturated heterocycles. The second-order valence-electron chi connectivity index (χ2n) is 12.6. The quantitative estimate of drug-likeness (QED) is 0.0260. The number of nitrogens with zero attached hydrogens (tertiary/aromatic N) is 5. The number of nitrogens with two attached hydrogens (primary N) is 2. The van der Waals surface area contributed by atoms with Crippen LogP contribution >= 0.6 is 11.3 Å². The molecule has 1 aromatic carbocycles. The molecule has 5 rings (SSSR count). The van der Waals surface area contributed by atoms with E-state index in [0.29, 0.717) is 35.3 Å². The summed E-state index contributed by atoms with van der Waals surface area (Å²) in [7, 11) is -5.04. The summed E-state index contributed by atoms with van der Waals surface area (Å²) in [4.78, 5) is 60.0. The predicted octanol–water partition coefficient (Wildman–Crippen LogP) is -1.27. The molecule has 9 N–H and O–H groups in total. The van der Waals surface area contributed by atoms with E-state index in [1.165, 1.54) is 43.5 Å². The Hall–Kier alpha value is -5.20. The van der Waals surface area contributed by atoms with Gasteiger partial charge in [0.05, 0.1) is 18.3 Å². The smallest absolute Gasteiger partial charge is 0.418 e. The second-order valence-corrected chi connectivity index (χ2v) is 14.5. The first-order chi connectivity index (χ1) is 25.0. The van der Waals surface area contributed by atoms with E-state index in [0.717, 1.165) is 37.4 Å². The molecular weight excluding hydrogens is 741 g/mol. The van der Waals surface area contributed by atoms with Crippen molar-refractivity contribution in [2.75, 3.05) is 37.3 Å². The van der Waals surface area contributed by atoms with E-state index in [2.05, 4.69) is 35.1 Å². The number of aryl methyl sites for hydroxylation is 1. The Labute approximate surface area is 306 Å². The molecule has 2 fully saturated rings. The lowest BCUT2D eigenvalue weighted by molar-refractivity contribution is -0.781. The van der Waals surface area contributed by atoms with E-state index in [-0.39, 0.29) is 22.5 Å². The topological polar surface area (TPSA) is 296 Å². The number of oxime groups is 1. The number of thiazole rings is 1. The molecule has 23 heteroatoms. The first-order valence-electron chi connectivity index (χ1n) is 16.1. The number of aliphatic carboxylic acids is 1. The number of rotatable bonds is 18. The number of carbonyl (C=O) groups is 4. The number of benzene rings is 1. The van der Waals surface area contributed by atoms with Gasteiger partial charge in [0.25, 0.3) is 23.8 Å². The number of aromatic nitrogens is 3. The molecule has 0 bridgehead atoms. The monoisotopic (exact) mass is 779 g/mol. The highest BCUT2D eigenvalue weighted by molar-refractivity contribution is 7.80. The van der Waals surface area contributed by atoms with Gasteiger partial charge in [-0.3, -0.25) is 18.9 Å². The Morgan fingerprint density at radius 2 is 1.96 bits per heavy atom. The van der Waals surface area contributed by atoms with Gasteiger partial charge in [-0.05, 0) is 51.1 Å². The number of carboxylic acids is 1. The number of hydroxylamine groups is 2. The number of nitrogen functional groups attached to an aromatic ring is 1. The van der Waals surface area contributed by atoms with Crippen LogP contribution in [0.25, 0.3) is 0 Å². The van der Waals surface area contributed by atoms with Gasteiger partial charge in [-0.1, -0.05) is 5.16 Å². The Morgan fingerprint density at radius 3 is 2.53 bits per heavy atom. The van der Waals surface area contributed by atoms with Crippen LogP contribution in [-0.4, -0.2) is 106 Å². The molecule has 2 atom stereocenters. The number of nitrogens with one attached hydrogen (secondary N) is 3. The van der Waals surface area contributed by atoms with E-state index in [4.69, 9.17) is 25.6 Å². The minimum atomic E-state index is -5.04. The van der Waals surface area contributed by atoms with Crippen LogP contribution in [0, 0.1) is 5.92 Å². The molecule has 21 nitrogen and oxygen atoms in total. The average molecular weight is 780 g/mol. The highest BCUT2D eigenvalue weighted by Gasteiger charge is 2.58. The van der Waals surface area contributed by atoms with Crippen molar-refractivity contribution in [3.05, 3.63) is 53.3 Å². The fourth-order valence-electron chi connectivity index (χ4n) is 5.27. The van der Waals surface area contributed by atoms with Gasteiger partial charge in [-0.2, -0.15) is 18.2 Å². The molecule has 0 aliphatic carbocycles. The van der Waals surface area contributed by atoms with E-state index in [9.17, 15) is 32.7 Å². The summed E-state index contributed by atoms with van der Waals surface area (Å²) in [5.74, 6) is -3.23. The minimum absolute atomic E-state index is 0.0368. The zero-order valence-corrected chi connectivity index (χ0v) is 30.1. The third kappa shape index (κ3) is 9.62. The van der Waals surface area contributed by atoms with E-state index in [1.807, 2.05) is 17.1 Å². The van der Waals surface area contributed by atoms with Gasteiger partial charge in [0.1, 0.15) is 29.8 Å². The number of amides is 3. The van der Waals surface area contributed by atoms with Crippen molar-refractivity contribution in [1.82, 2.24) is 25.4 Å². The van der Waals surface area contributed by atoms with Gasteiger partial charge in [-0.25, -0.2) is 9.78 Å². The van der Waals surface area contributed by atoms with Crippen molar-refractivity contribution in [2.24, 2.45) is 16.8 Å². The van der Waals surface area contributed by atoms with Crippen LogP contribution in [0.3, 0.4) is 0 Å². The summed E-state index contributed by atoms with van der Waals surface area (Å²) in [6.45, 7) is 6.02. The summed E-state index contributed by atoms with van der Waals surface area (Å²) in [5.41, 5.74) is 10.2. The van der Waals surface area contributed by atoms with Gasteiger partial charge in [0, 0.05) is 30.0 Å². The molecule has 0 saturated carbocycles. The molecule has 2 aliphatic heterocycles. The third-order valence-corrected chi connectivity index (χ3v) is 9.24. The van der Waals surface area contributed by atoms with Gasteiger partial charge in [0.15, 0.2) is 17.4 Å². The number of hydrogen-bond donors (Lipinski definition) is 7. The molecule has 4 heterocycles. The fraction of sp³-hybridized carbons (Fsp3) is 0.433. The lowest BCUT2D eigenvalue weighted by Crippen LogP contribution is -2.76. The van der Waals surface area contributed by atoms with E-state index in [1.54, 1.807) is 0 Å². The molecule has 3 aromatic rings. The van der Waals surface area contributed by atoms with Crippen molar-refractivity contribution < 1.29 is 55.8 Å². The summed E-state index contributed by atoms with van der Waals surface area (Å²) < 4.78 is 45.2. The Bertz CT molecular complexity index is 1980. The van der Waals surface area contributed by atoms with Crippen LogP contribution in [-0.2, 0) is 47.0 Å². The van der Waals surface area contributed by atoms with Crippen molar-refractivity contribution in [2.45, 2.75) is 51.0 Å². The zero-order chi connectivity index (χ0) is 38.5.